The second-order valence-electron chi connectivity index (χ2n) is 5.52. The molecule has 0 radical (unpaired) electrons. The van der Waals surface area contributed by atoms with Gasteiger partial charge in [0, 0.05) is 32.1 Å². The van der Waals surface area contributed by atoms with Crippen LogP contribution in [0.1, 0.15) is 26.2 Å². The van der Waals surface area contributed by atoms with E-state index in [0.717, 1.165) is 37.9 Å². The van der Waals surface area contributed by atoms with Crippen LogP contribution in [-0.4, -0.2) is 36.5 Å². The molecule has 0 aromatic rings. The van der Waals surface area contributed by atoms with Crippen molar-refractivity contribution in [1.82, 2.24) is 10.2 Å². The topological polar surface area (TPSA) is 32.3 Å². The third-order valence-corrected chi connectivity index (χ3v) is 4.42. The number of nitrogens with one attached hydrogen (secondary N) is 1. The number of nitrogens with zero attached hydrogens (tertiary/aromatic N) is 1. The van der Waals surface area contributed by atoms with Crippen molar-refractivity contribution in [2.24, 2.45) is 17.8 Å². The number of hydrogen-bond acceptors (Lipinski definition) is 2. The smallest absolute Gasteiger partial charge is 0.223 e. The highest BCUT2D eigenvalue weighted by Gasteiger charge is 2.44. The first-order valence-electron chi connectivity index (χ1n) is 6.26. The third-order valence-electron chi connectivity index (χ3n) is 4.42. The van der Waals surface area contributed by atoms with Gasteiger partial charge in [-0.05, 0) is 37.5 Å². The molecule has 1 saturated carbocycles. The van der Waals surface area contributed by atoms with Gasteiger partial charge in [-0.1, -0.05) is 0 Å². The van der Waals surface area contributed by atoms with Crippen LogP contribution in [0, 0.1) is 17.8 Å². The van der Waals surface area contributed by atoms with E-state index in [9.17, 15) is 4.79 Å². The molecule has 3 rings (SSSR count). The van der Waals surface area contributed by atoms with E-state index in [-0.39, 0.29) is 0 Å². The Morgan fingerprint density at radius 3 is 2.87 bits per heavy atom. The monoisotopic (exact) mass is 208 g/mol. The van der Waals surface area contributed by atoms with E-state index in [1.165, 1.54) is 12.8 Å². The van der Waals surface area contributed by atoms with Gasteiger partial charge in [-0.2, -0.15) is 0 Å². The molecule has 3 nitrogen and oxygen atoms in total. The maximum Gasteiger partial charge on any atom is 0.223 e. The van der Waals surface area contributed by atoms with E-state index in [1.807, 2.05) is 0 Å². The Balaban J connectivity index is 1.64. The SMILES string of the molecule is CC1C2CNCC2CN1C(=O)CC1CC1. The molecule has 3 fully saturated rings. The summed E-state index contributed by atoms with van der Waals surface area (Å²) in [5.74, 6) is 2.58. The quantitative estimate of drug-likeness (QED) is 0.730. The predicted molar refractivity (Wildman–Crippen MR) is 58.4 cm³/mol. The Morgan fingerprint density at radius 1 is 1.40 bits per heavy atom. The van der Waals surface area contributed by atoms with E-state index in [4.69, 9.17) is 0 Å². The Bertz CT molecular complexity index is 275. The number of hydrogen-bond donors (Lipinski definition) is 1. The lowest BCUT2D eigenvalue weighted by Crippen LogP contribution is -2.38. The minimum atomic E-state index is 0.416. The van der Waals surface area contributed by atoms with Gasteiger partial charge in [0.2, 0.25) is 5.91 Å². The summed E-state index contributed by atoms with van der Waals surface area (Å²) < 4.78 is 0. The predicted octanol–water partition coefficient (Wildman–Crippen LogP) is 0.853. The van der Waals surface area contributed by atoms with Crippen molar-refractivity contribution in [2.45, 2.75) is 32.2 Å². The zero-order valence-corrected chi connectivity index (χ0v) is 9.41. The lowest BCUT2D eigenvalue weighted by molar-refractivity contribution is -0.132. The average molecular weight is 208 g/mol. The minimum absolute atomic E-state index is 0.416. The van der Waals surface area contributed by atoms with Crippen molar-refractivity contribution in [2.75, 3.05) is 19.6 Å². The molecule has 3 atom stereocenters. The summed E-state index contributed by atoms with van der Waals surface area (Å²) >= 11 is 0. The fourth-order valence-electron chi connectivity index (χ4n) is 3.18. The molecule has 2 aliphatic heterocycles. The van der Waals surface area contributed by atoms with E-state index in [2.05, 4.69) is 17.1 Å². The summed E-state index contributed by atoms with van der Waals surface area (Å²) in [4.78, 5) is 14.2. The highest BCUT2D eigenvalue weighted by atomic mass is 16.2. The van der Waals surface area contributed by atoms with Crippen LogP contribution in [0.4, 0.5) is 0 Å². The normalized spacial score (nSPS) is 39.5. The van der Waals surface area contributed by atoms with E-state index in [0.29, 0.717) is 17.9 Å². The maximum atomic E-state index is 12.0. The summed E-state index contributed by atoms with van der Waals surface area (Å²) in [6.45, 7) is 5.45. The van der Waals surface area contributed by atoms with Crippen LogP contribution in [-0.2, 0) is 4.79 Å². The summed E-state index contributed by atoms with van der Waals surface area (Å²) in [6, 6.07) is 0.469. The molecule has 1 aliphatic carbocycles. The molecule has 84 valence electrons. The highest BCUT2D eigenvalue weighted by Crippen LogP contribution is 2.36. The van der Waals surface area contributed by atoms with Gasteiger partial charge in [0.25, 0.3) is 0 Å². The van der Waals surface area contributed by atoms with Crippen molar-refractivity contribution in [3.05, 3.63) is 0 Å². The molecule has 3 heteroatoms. The van der Waals surface area contributed by atoms with Crippen LogP contribution < -0.4 is 5.32 Å². The second kappa shape index (κ2) is 3.48. The third kappa shape index (κ3) is 1.67. The van der Waals surface area contributed by atoms with Crippen molar-refractivity contribution < 1.29 is 4.79 Å². The van der Waals surface area contributed by atoms with Crippen molar-refractivity contribution >= 4 is 5.91 Å². The van der Waals surface area contributed by atoms with Crippen LogP contribution in [0.3, 0.4) is 0 Å². The van der Waals surface area contributed by atoms with E-state index in [1.54, 1.807) is 0 Å². The Hall–Kier alpha value is -0.570. The molecule has 1 N–H and O–H groups in total. The molecular formula is C12H20N2O. The zero-order chi connectivity index (χ0) is 10.4. The minimum Gasteiger partial charge on any atom is -0.339 e. The van der Waals surface area contributed by atoms with Crippen LogP contribution >= 0.6 is 0 Å². The standard InChI is InChI=1S/C12H20N2O/c1-8-11-6-13-5-10(11)7-14(8)12(15)4-9-2-3-9/h8-11,13H,2-7H2,1H3. The molecule has 0 bridgehead atoms. The molecule has 0 aromatic heterocycles. The molecule has 1 amide bonds. The number of carbonyl (C=O) groups is 1. The zero-order valence-electron chi connectivity index (χ0n) is 9.41. The second-order valence-corrected chi connectivity index (χ2v) is 5.52. The molecular weight excluding hydrogens is 188 g/mol. The van der Waals surface area contributed by atoms with Gasteiger partial charge in [0.15, 0.2) is 0 Å². The first kappa shape index (κ1) is 9.64. The average Bonchev–Trinajstić information content (AvgIpc) is 2.80. The largest absolute Gasteiger partial charge is 0.339 e. The molecule has 3 unspecified atom stereocenters. The Morgan fingerprint density at radius 2 is 2.20 bits per heavy atom. The lowest BCUT2D eigenvalue weighted by Gasteiger charge is -2.24. The van der Waals surface area contributed by atoms with E-state index >= 15 is 0 Å². The van der Waals surface area contributed by atoms with Gasteiger partial charge in [-0.3, -0.25) is 4.79 Å². The molecule has 2 saturated heterocycles. The van der Waals surface area contributed by atoms with Gasteiger partial charge in [0.05, 0.1) is 0 Å². The summed E-state index contributed by atoms with van der Waals surface area (Å²) in [5, 5.41) is 3.43. The number of rotatable bonds is 2. The first-order chi connectivity index (χ1) is 7.25. The van der Waals surface area contributed by atoms with Gasteiger partial charge >= 0.3 is 0 Å². The van der Waals surface area contributed by atoms with Crippen molar-refractivity contribution in [3.63, 3.8) is 0 Å². The Kier molecular flexibility index (Phi) is 2.23. The highest BCUT2D eigenvalue weighted by molar-refractivity contribution is 5.77. The van der Waals surface area contributed by atoms with Crippen LogP contribution in [0.5, 0.6) is 0 Å². The van der Waals surface area contributed by atoms with Gasteiger partial charge < -0.3 is 10.2 Å². The summed E-state index contributed by atoms with van der Waals surface area (Å²) in [5.41, 5.74) is 0. The van der Waals surface area contributed by atoms with Crippen LogP contribution in [0.2, 0.25) is 0 Å². The number of amides is 1. The maximum absolute atomic E-state index is 12.0. The van der Waals surface area contributed by atoms with Crippen molar-refractivity contribution in [3.8, 4) is 0 Å². The summed E-state index contributed by atoms with van der Waals surface area (Å²) in [6.07, 6.45) is 3.38. The lowest BCUT2D eigenvalue weighted by atomic mass is 9.95. The summed E-state index contributed by atoms with van der Waals surface area (Å²) in [7, 11) is 0. The fraction of sp³-hybridized carbons (Fsp3) is 0.917. The van der Waals surface area contributed by atoms with E-state index < -0.39 is 0 Å². The molecule has 0 aromatic carbocycles. The Labute approximate surface area is 91.2 Å². The number of carbonyl (C=O) groups excluding carboxylic acids is 1. The fourth-order valence-corrected chi connectivity index (χ4v) is 3.18. The number of fused-ring (bicyclic) bond motifs is 1. The van der Waals surface area contributed by atoms with Crippen molar-refractivity contribution in [1.29, 1.82) is 0 Å². The van der Waals surface area contributed by atoms with Gasteiger partial charge in [-0.15, -0.1) is 0 Å². The molecule has 3 aliphatic rings. The number of likely N-dealkylation sites (tertiary alicyclic amines) is 1. The van der Waals surface area contributed by atoms with Gasteiger partial charge in [-0.25, -0.2) is 0 Å². The van der Waals surface area contributed by atoms with Crippen LogP contribution in [0.15, 0.2) is 0 Å². The first-order valence-corrected chi connectivity index (χ1v) is 6.26. The molecule has 15 heavy (non-hydrogen) atoms. The van der Waals surface area contributed by atoms with Gasteiger partial charge in [0.1, 0.15) is 0 Å². The van der Waals surface area contributed by atoms with Crippen LogP contribution in [0.25, 0.3) is 0 Å². The molecule has 2 heterocycles. The molecule has 0 spiro atoms.